The van der Waals surface area contributed by atoms with Crippen molar-refractivity contribution in [1.29, 1.82) is 0 Å². The first-order valence-corrected chi connectivity index (χ1v) is 7.58. The fourth-order valence-electron chi connectivity index (χ4n) is 2.64. The molecule has 2 rings (SSSR count). The second-order valence-corrected chi connectivity index (χ2v) is 6.53. The molecule has 1 saturated carbocycles. The average molecular weight is 333 g/mol. The van der Waals surface area contributed by atoms with Crippen LogP contribution in [-0.4, -0.2) is 18.3 Å². The molecule has 18 heavy (non-hydrogen) atoms. The molecule has 0 spiro atoms. The van der Waals surface area contributed by atoms with Gasteiger partial charge in [0, 0.05) is 34.6 Å². The molecule has 1 aromatic carbocycles. The van der Waals surface area contributed by atoms with E-state index < -0.39 is 0 Å². The predicted molar refractivity (Wildman–Crippen MR) is 78.8 cm³/mol. The fraction of sp³-hybridized carbons (Fsp3) is 0.571. The minimum Gasteiger partial charge on any atom is -0.396 e. The highest BCUT2D eigenvalue weighted by molar-refractivity contribution is 9.10. The molecule has 1 aliphatic rings. The number of halogens is 2. The van der Waals surface area contributed by atoms with E-state index in [1.54, 1.807) is 0 Å². The largest absolute Gasteiger partial charge is 0.396 e. The van der Waals surface area contributed by atoms with Crippen LogP contribution in [0.1, 0.15) is 31.2 Å². The molecule has 2 nitrogen and oxygen atoms in total. The molecule has 0 heterocycles. The van der Waals surface area contributed by atoms with Gasteiger partial charge in [0.1, 0.15) is 0 Å². The van der Waals surface area contributed by atoms with E-state index in [2.05, 4.69) is 21.2 Å². The smallest absolute Gasteiger partial charge is 0.0499 e. The van der Waals surface area contributed by atoms with Gasteiger partial charge in [0.2, 0.25) is 0 Å². The van der Waals surface area contributed by atoms with Crippen molar-refractivity contribution >= 4 is 27.5 Å². The van der Waals surface area contributed by atoms with E-state index in [-0.39, 0.29) is 12.0 Å². The number of rotatable bonds is 5. The molecule has 100 valence electrons. The van der Waals surface area contributed by atoms with Crippen LogP contribution < -0.4 is 5.32 Å². The highest BCUT2D eigenvalue weighted by atomic mass is 79.9. The van der Waals surface area contributed by atoms with E-state index in [1.807, 2.05) is 18.2 Å². The van der Waals surface area contributed by atoms with Gasteiger partial charge in [-0.25, -0.2) is 0 Å². The Morgan fingerprint density at radius 3 is 2.67 bits per heavy atom. The van der Waals surface area contributed by atoms with Crippen LogP contribution in [0, 0.1) is 5.41 Å². The summed E-state index contributed by atoms with van der Waals surface area (Å²) in [4.78, 5) is 0. The zero-order valence-electron chi connectivity index (χ0n) is 10.4. The van der Waals surface area contributed by atoms with E-state index in [0.717, 1.165) is 41.0 Å². The molecule has 0 bridgehead atoms. The SMILES string of the molecule is OCC1(CNCc2ccc(Br)cc2Cl)CCCC1. The van der Waals surface area contributed by atoms with Crippen molar-refractivity contribution in [3.05, 3.63) is 33.3 Å². The molecule has 1 aromatic rings. The topological polar surface area (TPSA) is 32.3 Å². The van der Waals surface area contributed by atoms with Gasteiger partial charge in [0.05, 0.1) is 0 Å². The van der Waals surface area contributed by atoms with Crippen molar-refractivity contribution in [2.75, 3.05) is 13.2 Å². The third-order valence-corrected chi connectivity index (χ3v) is 4.68. The quantitative estimate of drug-likeness (QED) is 0.861. The molecule has 2 N–H and O–H groups in total. The van der Waals surface area contributed by atoms with E-state index >= 15 is 0 Å². The van der Waals surface area contributed by atoms with Crippen LogP contribution in [0.25, 0.3) is 0 Å². The Balaban J connectivity index is 1.88. The van der Waals surface area contributed by atoms with Gasteiger partial charge in [-0.1, -0.05) is 46.4 Å². The van der Waals surface area contributed by atoms with Gasteiger partial charge in [-0.15, -0.1) is 0 Å². The van der Waals surface area contributed by atoms with Crippen LogP contribution in [0.5, 0.6) is 0 Å². The maximum Gasteiger partial charge on any atom is 0.0499 e. The number of aliphatic hydroxyl groups is 1. The van der Waals surface area contributed by atoms with Crippen molar-refractivity contribution < 1.29 is 5.11 Å². The minimum absolute atomic E-state index is 0.0990. The van der Waals surface area contributed by atoms with Gasteiger partial charge in [0.25, 0.3) is 0 Å². The lowest BCUT2D eigenvalue weighted by Gasteiger charge is -2.26. The van der Waals surface area contributed by atoms with Gasteiger partial charge >= 0.3 is 0 Å². The minimum atomic E-state index is 0.0990. The number of aliphatic hydroxyl groups excluding tert-OH is 1. The van der Waals surface area contributed by atoms with Crippen LogP contribution in [0.4, 0.5) is 0 Å². The molecule has 0 saturated heterocycles. The third-order valence-electron chi connectivity index (χ3n) is 3.83. The third kappa shape index (κ3) is 3.47. The molecule has 1 aliphatic carbocycles. The van der Waals surface area contributed by atoms with Crippen molar-refractivity contribution in [2.45, 2.75) is 32.2 Å². The van der Waals surface area contributed by atoms with E-state index in [4.69, 9.17) is 11.6 Å². The van der Waals surface area contributed by atoms with Crippen molar-refractivity contribution in [2.24, 2.45) is 5.41 Å². The maximum absolute atomic E-state index is 9.53. The van der Waals surface area contributed by atoms with Gasteiger partial charge in [0.15, 0.2) is 0 Å². The molecular formula is C14H19BrClNO. The molecule has 4 heteroatoms. The molecular weight excluding hydrogens is 314 g/mol. The summed E-state index contributed by atoms with van der Waals surface area (Å²) in [5.41, 5.74) is 1.20. The molecule has 0 amide bonds. The standard InChI is InChI=1S/C14H19BrClNO/c15-12-4-3-11(13(16)7-12)8-17-9-14(10-18)5-1-2-6-14/h3-4,7,17-18H,1-2,5-6,8-10H2. The maximum atomic E-state index is 9.53. The zero-order valence-corrected chi connectivity index (χ0v) is 12.7. The fourth-order valence-corrected chi connectivity index (χ4v) is 3.38. The lowest BCUT2D eigenvalue weighted by atomic mass is 9.87. The zero-order chi connectivity index (χ0) is 13.0. The lowest BCUT2D eigenvalue weighted by molar-refractivity contribution is 0.128. The summed E-state index contributed by atoms with van der Waals surface area (Å²) in [5.74, 6) is 0. The molecule has 0 atom stereocenters. The molecule has 0 unspecified atom stereocenters. The summed E-state index contributed by atoms with van der Waals surface area (Å²) >= 11 is 9.57. The summed E-state index contributed by atoms with van der Waals surface area (Å²) in [6.07, 6.45) is 4.73. The van der Waals surface area contributed by atoms with Crippen molar-refractivity contribution in [3.63, 3.8) is 0 Å². The normalized spacial score (nSPS) is 18.2. The Kier molecular flexibility index (Phi) is 5.07. The number of nitrogens with one attached hydrogen (secondary N) is 1. The van der Waals surface area contributed by atoms with Gasteiger partial charge < -0.3 is 10.4 Å². The highest BCUT2D eigenvalue weighted by Gasteiger charge is 2.32. The summed E-state index contributed by atoms with van der Waals surface area (Å²) < 4.78 is 0.999. The van der Waals surface area contributed by atoms with Gasteiger partial charge in [-0.05, 0) is 30.5 Å². The Hall–Kier alpha value is -0.0900. The summed E-state index contributed by atoms with van der Waals surface area (Å²) in [5, 5.41) is 13.7. The first kappa shape index (κ1) is 14.3. The molecule has 0 aliphatic heterocycles. The first-order valence-electron chi connectivity index (χ1n) is 6.41. The summed E-state index contributed by atoms with van der Waals surface area (Å²) in [6, 6.07) is 5.94. The molecule has 1 fully saturated rings. The van der Waals surface area contributed by atoms with Gasteiger partial charge in [-0.2, -0.15) is 0 Å². The Bertz CT molecular complexity index is 405. The number of benzene rings is 1. The molecule has 0 radical (unpaired) electrons. The Morgan fingerprint density at radius 1 is 1.33 bits per heavy atom. The monoisotopic (exact) mass is 331 g/mol. The summed E-state index contributed by atoms with van der Waals surface area (Å²) in [7, 11) is 0. The number of hydrogen-bond donors (Lipinski definition) is 2. The van der Waals surface area contributed by atoms with Crippen LogP contribution in [0.15, 0.2) is 22.7 Å². The van der Waals surface area contributed by atoms with Crippen molar-refractivity contribution in [3.8, 4) is 0 Å². The second-order valence-electron chi connectivity index (χ2n) is 5.20. The number of hydrogen-bond acceptors (Lipinski definition) is 2. The Morgan fingerprint density at radius 2 is 2.06 bits per heavy atom. The van der Waals surface area contributed by atoms with Crippen LogP contribution in [0.2, 0.25) is 5.02 Å². The van der Waals surface area contributed by atoms with E-state index in [9.17, 15) is 5.11 Å². The van der Waals surface area contributed by atoms with Crippen LogP contribution in [-0.2, 0) is 6.54 Å². The summed E-state index contributed by atoms with van der Waals surface area (Å²) in [6.45, 7) is 1.91. The van der Waals surface area contributed by atoms with E-state index in [0.29, 0.717) is 0 Å². The second kappa shape index (κ2) is 6.38. The predicted octanol–water partition coefficient (Wildman–Crippen LogP) is 3.74. The van der Waals surface area contributed by atoms with Crippen molar-refractivity contribution in [1.82, 2.24) is 5.32 Å². The highest BCUT2D eigenvalue weighted by Crippen LogP contribution is 2.37. The first-order chi connectivity index (χ1) is 8.65. The molecule has 0 aromatic heterocycles. The van der Waals surface area contributed by atoms with Crippen LogP contribution in [0.3, 0.4) is 0 Å². The van der Waals surface area contributed by atoms with Crippen LogP contribution >= 0.6 is 27.5 Å². The average Bonchev–Trinajstić information content (AvgIpc) is 2.81. The Labute approximate surface area is 122 Å². The lowest BCUT2D eigenvalue weighted by Crippen LogP contribution is -2.34. The van der Waals surface area contributed by atoms with Gasteiger partial charge in [-0.3, -0.25) is 0 Å². The van der Waals surface area contributed by atoms with E-state index in [1.165, 1.54) is 12.8 Å².